The van der Waals surface area contributed by atoms with Crippen molar-refractivity contribution in [1.82, 2.24) is 10.3 Å². The highest BCUT2D eigenvalue weighted by Crippen LogP contribution is 2.26. The number of pyridine rings is 1. The van der Waals surface area contributed by atoms with Crippen molar-refractivity contribution in [2.75, 3.05) is 36.5 Å². The van der Waals surface area contributed by atoms with Crippen LogP contribution >= 0.6 is 0 Å². The summed E-state index contributed by atoms with van der Waals surface area (Å²) >= 11 is 0. The third-order valence-electron chi connectivity index (χ3n) is 4.09. The molecular weight excluding hydrogens is 332 g/mol. The number of rotatable bonds is 6. The van der Waals surface area contributed by atoms with Crippen molar-refractivity contribution in [2.24, 2.45) is 0 Å². The predicted molar refractivity (Wildman–Crippen MR) is 98.8 cm³/mol. The summed E-state index contributed by atoms with van der Waals surface area (Å²) in [6.07, 6.45) is 3.11. The minimum Gasteiger partial charge on any atom is -0.378 e. The summed E-state index contributed by atoms with van der Waals surface area (Å²) in [5.74, 6) is -0.652. The highest BCUT2D eigenvalue weighted by atomic mass is 16.5. The van der Waals surface area contributed by atoms with E-state index in [1.807, 2.05) is 36.4 Å². The first kappa shape index (κ1) is 17.9. The van der Waals surface area contributed by atoms with Gasteiger partial charge in [0.25, 0.3) is 0 Å². The maximum Gasteiger partial charge on any atom is 0.233 e. The molecule has 2 aromatic rings. The lowest BCUT2D eigenvalue weighted by molar-refractivity contribution is -0.126. The normalized spacial score (nSPS) is 13.9. The quantitative estimate of drug-likeness (QED) is 0.769. The number of hydrogen-bond donors (Lipinski definition) is 2. The summed E-state index contributed by atoms with van der Waals surface area (Å²) < 4.78 is 5.37. The van der Waals surface area contributed by atoms with Gasteiger partial charge in [0.2, 0.25) is 11.8 Å². The lowest BCUT2D eigenvalue weighted by Gasteiger charge is -2.30. The molecule has 0 radical (unpaired) electrons. The third-order valence-corrected chi connectivity index (χ3v) is 4.09. The second kappa shape index (κ2) is 8.96. The van der Waals surface area contributed by atoms with E-state index in [-0.39, 0.29) is 18.2 Å². The van der Waals surface area contributed by atoms with Gasteiger partial charge in [-0.15, -0.1) is 0 Å². The number of para-hydroxylation sites is 2. The first-order valence-corrected chi connectivity index (χ1v) is 8.59. The van der Waals surface area contributed by atoms with Gasteiger partial charge in [0, 0.05) is 32.0 Å². The van der Waals surface area contributed by atoms with E-state index in [9.17, 15) is 9.59 Å². The fraction of sp³-hybridized carbons (Fsp3) is 0.316. The van der Waals surface area contributed by atoms with Crippen LogP contribution in [0.3, 0.4) is 0 Å². The topological polar surface area (TPSA) is 83.6 Å². The maximum absolute atomic E-state index is 12.2. The molecule has 0 atom stereocenters. The number of ether oxygens (including phenoxy) is 1. The molecule has 2 heterocycles. The van der Waals surface area contributed by atoms with Crippen LogP contribution in [0.5, 0.6) is 0 Å². The van der Waals surface area contributed by atoms with Crippen LogP contribution in [0.4, 0.5) is 11.4 Å². The largest absolute Gasteiger partial charge is 0.378 e. The third kappa shape index (κ3) is 5.03. The summed E-state index contributed by atoms with van der Waals surface area (Å²) in [7, 11) is 0. The lowest BCUT2D eigenvalue weighted by Crippen LogP contribution is -2.37. The van der Waals surface area contributed by atoms with Gasteiger partial charge in [-0.1, -0.05) is 12.1 Å². The van der Waals surface area contributed by atoms with Crippen LogP contribution < -0.4 is 15.5 Å². The molecule has 1 saturated heterocycles. The Labute approximate surface area is 152 Å². The molecule has 1 fully saturated rings. The van der Waals surface area contributed by atoms with Crippen molar-refractivity contribution in [1.29, 1.82) is 0 Å². The number of nitrogens with zero attached hydrogens (tertiary/aromatic N) is 2. The van der Waals surface area contributed by atoms with Crippen molar-refractivity contribution in [3.05, 3.63) is 54.4 Å². The van der Waals surface area contributed by atoms with E-state index in [1.165, 1.54) is 0 Å². The summed E-state index contributed by atoms with van der Waals surface area (Å²) in [5.41, 5.74) is 2.59. The van der Waals surface area contributed by atoms with Crippen LogP contribution in [-0.2, 0) is 20.9 Å². The Morgan fingerprint density at radius 2 is 1.77 bits per heavy atom. The predicted octanol–water partition coefficient (Wildman–Crippen LogP) is 1.56. The van der Waals surface area contributed by atoms with Crippen molar-refractivity contribution < 1.29 is 14.3 Å². The molecule has 26 heavy (non-hydrogen) atoms. The van der Waals surface area contributed by atoms with Crippen LogP contribution in [0.2, 0.25) is 0 Å². The van der Waals surface area contributed by atoms with Crippen molar-refractivity contribution >= 4 is 23.2 Å². The zero-order valence-electron chi connectivity index (χ0n) is 14.5. The van der Waals surface area contributed by atoms with Crippen LogP contribution in [0.25, 0.3) is 0 Å². The molecule has 1 aliphatic rings. The average Bonchev–Trinajstić information content (AvgIpc) is 2.68. The number of morpholine rings is 1. The van der Waals surface area contributed by atoms with Crippen molar-refractivity contribution in [3.63, 3.8) is 0 Å². The number of aromatic nitrogens is 1. The zero-order valence-corrected chi connectivity index (χ0v) is 14.5. The molecule has 1 aromatic heterocycles. The molecule has 0 bridgehead atoms. The minimum atomic E-state index is -0.335. The van der Waals surface area contributed by atoms with Gasteiger partial charge in [-0.2, -0.15) is 0 Å². The average molecular weight is 354 g/mol. The van der Waals surface area contributed by atoms with Gasteiger partial charge in [-0.05, 0) is 29.8 Å². The lowest BCUT2D eigenvalue weighted by atomic mass is 10.2. The van der Waals surface area contributed by atoms with Crippen LogP contribution in [0, 0.1) is 0 Å². The number of carbonyl (C=O) groups is 2. The van der Waals surface area contributed by atoms with E-state index in [0.717, 1.165) is 24.3 Å². The number of hydrogen-bond acceptors (Lipinski definition) is 5. The zero-order chi connectivity index (χ0) is 18.2. The Kier molecular flexibility index (Phi) is 6.16. The standard InChI is InChI=1S/C19H22N4O3/c24-18(21-14-15-5-7-20-8-6-15)13-19(25)22-16-3-1-2-4-17(16)23-9-11-26-12-10-23/h1-8H,9-14H2,(H,21,24)(H,22,25). The highest BCUT2D eigenvalue weighted by Gasteiger charge is 2.16. The molecule has 136 valence electrons. The fourth-order valence-electron chi connectivity index (χ4n) is 2.76. The molecular formula is C19H22N4O3. The van der Waals surface area contributed by atoms with E-state index in [1.54, 1.807) is 12.4 Å². The fourth-order valence-corrected chi connectivity index (χ4v) is 2.76. The van der Waals surface area contributed by atoms with Gasteiger partial charge >= 0.3 is 0 Å². The molecule has 3 rings (SSSR count). The summed E-state index contributed by atoms with van der Waals surface area (Å²) in [6.45, 7) is 3.26. The first-order valence-electron chi connectivity index (χ1n) is 8.59. The smallest absolute Gasteiger partial charge is 0.233 e. The number of anilines is 2. The molecule has 7 nitrogen and oxygen atoms in total. The van der Waals surface area contributed by atoms with Crippen LogP contribution in [0.15, 0.2) is 48.8 Å². The first-order chi connectivity index (χ1) is 12.7. The number of benzene rings is 1. The van der Waals surface area contributed by atoms with E-state index < -0.39 is 0 Å². The summed E-state index contributed by atoms with van der Waals surface area (Å²) in [4.78, 5) is 30.3. The van der Waals surface area contributed by atoms with Crippen molar-refractivity contribution in [2.45, 2.75) is 13.0 Å². The second-order valence-corrected chi connectivity index (χ2v) is 5.97. The molecule has 7 heteroatoms. The van der Waals surface area contributed by atoms with Crippen LogP contribution in [-0.4, -0.2) is 43.1 Å². The Balaban J connectivity index is 1.54. The van der Waals surface area contributed by atoms with Gasteiger partial charge in [-0.3, -0.25) is 14.6 Å². The van der Waals surface area contributed by atoms with E-state index >= 15 is 0 Å². The van der Waals surface area contributed by atoms with E-state index in [0.29, 0.717) is 25.4 Å². The molecule has 1 aromatic carbocycles. The maximum atomic E-state index is 12.2. The second-order valence-electron chi connectivity index (χ2n) is 5.97. The molecule has 1 aliphatic heterocycles. The molecule has 0 unspecified atom stereocenters. The number of carbonyl (C=O) groups excluding carboxylic acids is 2. The summed E-state index contributed by atoms with van der Waals surface area (Å²) in [6, 6.07) is 11.2. The van der Waals surface area contributed by atoms with Crippen LogP contribution in [0.1, 0.15) is 12.0 Å². The van der Waals surface area contributed by atoms with Crippen molar-refractivity contribution in [3.8, 4) is 0 Å². The Bertz CT molecular complexity index is 745. The molecule has 0 aliphatic carbocycles. The van der Waals surface area contributed by atoms with Gasteiger partial charge < -0.3 is 20.3 Å². The summed E-state index contributed by atoms with van der Waals surface area (Å²) in [5, 5.41) is 5.58. The highest BCUT2D eigenvalue weighted by molar-refractivity contribution is 6.04. The Hall–Kier alpha value is -2.93. The van der Waals surface area contributed by atoms with Gasteiger partial charge in [-0.25, -0.2) is 0 Å². The molecule has 0 spiro atoms. The molecule has 0 saturated carbocycles. The van der Waals surface area contributed by atoms with Gasteiger partial charge in [0.15, 0.2) is 0 Å². The number of amides is 2. The Morgan fingerprint density at radius 3 is 2.54 bits per heavy atom. The van der Waals surface area contributed by atoms with Gasteiger partial charge in [0.05, 0.1) is 24.6 Å². The monoisotopic (exact) mass is 354 g/mol. The molecule has 2 N–H and O–H groups in total. The SMILES string of the molecule is O=C(CC(=O)Nc1ccccc1N1CCOCC1)NCc1ccncc1. The Morgan fingerprint density at radius 1 is 1.04 bits per heavy atom. The molecule has 2 amide bonds. The van der Waals surface area contributed by atoms with E-state index in [2.05, 4.69) is 20.5 Å². The van der Waals surface area contributed by atoms with Gasteiger partial charge in [0.1, 0.15) is 6.42 Å². The van der Waals surface area contributed by atoms with E-state index in [4.69, 9.17) is 4.74 Å². The minimum absolute atomic E-state index is 0.220. The number of nitrogens with one attached hydrogen (secondary N) is 2.